The smallest absolute Gasteiger partial charge is 0.123 e. The summed E-state index contributed by atoms with van der Waals surface area (Å²) in [7, 11) is 3.38. The molecule has 21 heavy (non-hydrogen) atoms. The van der Waals surface area contributed by atoms with Crippen LogP contribution in [0.1, 0.15) is 0 Å². The first-order chi connectivity index (χ1) is 10.3. The van der Waals surface area contributed by atoms with E-state index in [1.807, 2.05) is 12.1 Å². The lowest BCUT2D eigenvalue weighted by Crippen LogP contribution is -1.86. The van der Waals surface area contributed by atoms with Crippen molar-refractivity contribution in [3.05, 3.63) is 54.6 Å². The van der Waals surface area contributed by atoms with Crippen molar-refractivity contribution in [1.29, 1.82) is 0 Å². The van der Waals surface area contributed by atoms with Gasteiger partial charge in [-0.05, 0) is 35.9 Å². The number of hydrogen-bond acceptors (Lipinski definition) is 2. The molecule has 0 aliphatic rings. The van der Waals surface area contributed by atoms with Gasteiger partial charge in [0.1, 0.15) is 11.5 Å². The van der Waals surface area contributed by atoms with E-state index in [0.29, 0.717) is 0 Å². The maximum atomic E-state index is 5.37. The SMILES string of the molecule is COc1ccc(-c2cc3cc(OC)cc4ccc2n43)cc1. The number of rotatable bonds is 3. The highest BCUT2D eigenvalue weighted by Gasteiger charge is 2.12. The number of methoxy groups -OCH3 is 2. The van der Waals surface area contributed by atoms with Gasteiger partial charge >= 0.3 is 0 Å². The van der Waals surface area contributed by atoms with Crippen molar-refractivity contribution in [2.45, 2.75) is 0 Å². The Hall–Kier alpha value is -2.68. The summed E-state index contributed by atoms with van der Waals surface area (Å²) in [4.78, 5) is 0. The van der Waals surface area contributed by atoms with E-state index in [1.165, 1.54) is 16.6 Å². The summed E-state index contributed by atoms with van der Waals surface area (Å²) >= 11 is 0. The second-order valence-corrected chi connectivity index (χ2v) is 5.09. The van der Waals surface area contributed by atoms with Gasteiger partial charge in [-0.25, -0.2) is 0 Å². The highest BCUT2D eigenvalue weighted by atomic mass is 16.5. The van der Waals surface area contributed by atoms with Crippen LogP contribution in [0.3, 0.4) is 0 Å². The third-order valence-electron chi connectivity index (χ3n) is 3.95. The summed E-state index contributed by atoms with van der Waals surface area (Å²) in [5.74, 6) is 1.76. The molecule has 3 aromatic heterocycles. The first-order valence-electron chi connectivity index (χ1n) is 6.86. The van der Waals surface area contributed by atoms with Crippen LogP contribution in [0.15, 0.2) is 54.6 Å². The molecule has 0 radical (unpaired) electrons. The Balaban J connectivity index is 1.96. The zero-order valence-electron chi connectivity index (χ0n) is 12.0. The minimum absolute atomic E-state index is 0.872. The molecule has 4 rings (SSSR count). The molecule has 0 saturated heterocycles. The minimum Gasteiger partial charge on any atom is -0.497 e. The van der Waals surface area contributed by atoms with E-state index in [1.54, 1.807) is 14.2 Å². The summed E-state index contributed by atoms with van der Waals surface area (Å²) in [6, 6.07) is 18.8. The van der Waals surface area contributed by atoms with Crippen LogP contribution in [0.2, 0.25) is 0 Å². The molecule has 4 aromatic rings. The van der Waals surface area contributed by atoms with Gasteiger partial charge in [-0.1, -0.05) is 12.1 Å². The van der Waals surface area contributed by atoms with Gasteiger partial charge in [0.15, 0.2) is 0 Å². The zero-order valence-corrected chi connectivity index (χ0v) is 12.0. The Morgan fingerprint density at radius 1 is 0.714 bits per heavy atom. The van der Waals surface area contributed by atoms with Crippen LogP contribution in [-0.2, 0) is 0 Å². The van der Waals surface area contributed by atoms with E-state index in [2.05, 4.69) is 46.9 Å². The molecule has 1 aromatic carbocycles. The highest BCUT2D eigenvalue weighted by Crippen LogP contribution is 2.34. The van der Waals surface area contributed by atoms with Crippen LogP contribution >= 0.6 is 0 Å². The molecular formula is C18H15NO2. The highest BCUT2D eigenvalue weighted by molar-refractivity contribution is 5.91. The van der Waals surface area contributed by atoms with E-state index in [9.17, 15) is 0 Å². The molecule has 0 aliphatic heterocycles. The number of aromatic nitrogens is 1. The van der Waals surface area contributed by atoms with Crippen LogP contribution in [0.4, 0.5) is 0 Å². The van der Waals surface area contributed by atoms with Gasteiger partial charge in [-0.3, -0.25) is 0 Å². The Morgan fingerprint density at radius 3 is 2.14 bits per heavy atom. The number of nitrogens with zero attached hydrogens (tertiary/aromatic N) is 1. The van der Waals surface area contributed by atoms with Crippen LogP contribution < -0.4 is 9.47 Å². The molecule has 0 spiro atoms. The number of pyridine rings is 1. The quantitative estimate of drug-likeness (QED) is 0.559. The summed E-state index contributed by atoms with van der Waals surface area (Å²) < 4.78 is 12.8. The van der Waals surface area contributed by atoms with Crippen molar-refractivity contribution in [3.63, 3.8) is 0 Å². The normalized spacial score (nSPS) is 11.3. The van der Waals surface area contributed by atoms with Gasteiger partial charge in [0, 0.05) is 23.2 Å². The molecule has 0 saturated carbocycles. The summed E-state index contributed by atoms with van der Waals surface area (Å²) in [5.41, 5.74) is 5.92. The first kappa shape index (κ1) is 12.1. The fourth-order valence-corrected chi connectivity index (χ4v) is 2.91. The molecular weight excluding hydrogens is 262 g/mol. The lowest BCUT2D eigenvalue weighted by atomic mass is 10.1. The van der Waals surface area contributed by atoms with Gasteiger partial charge in [0.05, 0.1) is 25.3 Å². The fourth-order valence-electron chi connectivity index (χ4n) is 2.91. The van der Waals surface area contributed by atoms with Gasteiger partial charge in [0.25, 0.3) is 0 Å². The molecule has 0 unspecified atom stereocenters. The first-order valence-corrected chi connectivity index (χ1v) is 6.86. The predicted octanol–water partition coefficient (Wildman–Crippen LogP) is 4.21. The molecule has 104 valence electrons. The van der Waals surface area contributed by atoms with E-state index < -0.39 is 0 Å². The molecule has 0 fully saturated rings. The van der Waals surface area contributed by atoms with Gasteiger partial charge in [0.2, 0.25) is 0 Å². The zero-order chi connectivity index (χ0) is 14.4. The lowest BCUT2D eigenvalue weighted by Gasteiger charge is -2.02. The molecule has 3 heteroatoms. The standard InChI is InChI=1S/C18H15NO2/c1-20-15-6-3-12(4-7-15)17-11-14-10-16(21-2)9-13-5-8-18(17)19(13)14/h3-11H,1-2H3. The Labute approximate surface area is 122 Å². The van der Waals surface area contributed by atoms with E-state index >= 15 is 0 Å². The Bertz CT molecular complexity index is 906. The van der Waals surface area contributed by atoms with Crippen molar-refractivity contribution in [3.8, 4) is 22.6 Å². The molecule has 0 N–H and O–H groups in total. The Morgan fingerprint density at radius 2 is 1.43 bits per heavy atom. The van der Waals surface area contributed by atoms with Crippen LogP contribution in [0.5, 0.6) is 11.5 Å². The average Bonchev–Trinajstić information content (AvgIpc) is 3.12. The molecule has 0 amide bonds. The van der Waals surface area contributed by atoms with E-state index in [0.717, 1.165) is 22.5 Å². The van der Waals surface area contributed by atoms with Crippen molar-refractivity contribution < 1.29 is 9.47 Å². The van der Waals surface area contributed by atoms with Crippen molar-refractivity contribution in [2.75, 3.05) is 14.2 Å². The largest absolute Gasteiger partial charge is 0.497 e. The fraction of sp³-hybridized carbons (Fsp3) is 0.111. The molecule has 3 nitrogen and oxygen atoms in total. The topological polar surface area (TPSA) is 22.9 Å². The van der Waals surface area contributed by atoms with Crippen molar-refractivity contribution in [2.24, 2.45) is 0 Å². The summed E-state index contributed by atoms with van der Waals surface area (Å²) in [6.07, 6.45) is 0. The molecule has 0 atom stereocenters. The molecule has 3 heterocycles. The van der Waals surface area contributed by atoms with E-state index in [4.69, 9.17) is 9.47 Å². The second kappa shape index (κ2) is 4.42. The van der Waals surface area contributed by atoms with Crippen molar-refractivity contribution >= 4 is 16.6 Å². The number of hydrogen-bond donors (Lipinski definition) is 0. The van der Waals surface area contributed by atoms with Gasteiger partial charge in [-0.15, -0.1) is 0 Å². The summed E-state index contributed by atoms with van der Waals surface area (Å²) in [5, 5.41) is 0. The number of ether oxygens (including phenoxy) is 2. The molecule has 0 bridgehead atoms. The third-order valence-corrected chi connectivity index (χ3v) is 3.95. The maximum absolute atomic E-state index is 5.37. The average molecular weight is 277 g/mol. The second-order valence-electron chi connectivity index (χ2n) is 5.09. The van der Waals surface area contributed by atoms with Crippen LogP contribution in [-0.4, -0.2) is 18.6 Å². The molecule has 0 aliphatic carbocycles. The minimum atomic E-state index is 0.872. The van der Waals surface area contributed by atoms with Crippen LogP contribution in [0.25, 0.3) is 27.7 Å². The Kier molecular flexibility index (Phi) is 2.54. The van der Waals surface area contributed by atoms with E-state index in [-0.39, 0.29) is 0 Å². The van der Waals surface area contributed by atoms with Crippen LogP contribution in [0, 0.1) is 0 Å². The number of benzene rings is 1. The van der Waals surface area contributed by atoms with Gasteiger partial charge < -0.3 is 13.9 Å². The van der Waals surface area contributed by atoms with Gasteiger partial charge in [-0.2, -0.15) is 0 Å². The third kappa shape index (κ3) is 1.74. The van der Waals surface area contributed by atoms with Crippen molar-refractivity contribution in [1.82, 2.24) is 4.40 Å². The predicted molar refractivity (Wildman–Crippen MR) is 84.6 cm³/mol. The summed E-state index contributed by atoms with van der Waals surface area (Å²) in [6.45, 7) is 0. The maximum Gasteiger partial charge on any atom is 0.123 e. The monoisotopic (exact) mass is 277 g/mol. The lowest BCUT2D eigenvalue weighted by molar-refractivity contribution is 0.415.